The second-order valence-corrected chi connectivity index (χ2v) is 5.35. The third kappa shape index (κ3) is 3.04. The van der Waals surface area contributed by atoms with Crippen LogP contribution in [0.15, 0.2) is 28.7 Å². The van der Waals surface area contributed by atoms with Gasteiger partial charge < -0.3 is 5.11 Å². The molecule has 0 fully saturated rings. The van der Waals surface area contributed by atoms with E-state index in [1.54, 1.807) is 0 Å². The van der Waals surface area contributed by atoms with Gasteiger partial charge in [-0.05, 0) is 50.1 Å². The van der Waals surface area contributed by atoms with Crippen molar-refractivity contribution in [2.75, 3.05) is 0 Å². The Morgan fingerprint density at radius 3 is 2.53 bits per heavy atom. The van der Waals surface area contributed by atoms with Crippen molar-refractivity contribution in [3.63, 3.8) is 0 Å². The summed E-state index contributed by atoms with van der Waals surface area (Å²) in [5.74, 6) is -0.782. The van der Waals surface area contributed by atoms with Crippen LogP contribution in [0.5, 0.6) is 0 Å². The van der Waals surface area contributed by atoms with E-state index in [-0.39, 0.29) is 6.42 Å². The highest BCUT2D eigenvalue weighted by molar-refractivity contribution is 9.10. The molecule has 19 heavy (non-hydrogen) atoms. The third-order valence-corrected chi connectivity index (χ3v) is 3.63. The van der Waals surface area contributed by atoms with Crippen molar-refractivity contribution >= 4 is 21.9 Å². The van der Waals surface area contributed by atoms with Gasteiger partial charge in [0, 0.05) is 16.6 Å². The van der Waals surface area contributed by atoms with Gasteiger partial charge in [-0.3, -0.25) is 4.79 Å². The number of rotatable bonds is 4. The number of carboxylic acid groups (broad SMARTS) is 1. The summed E-state index contributed by atoms with van der Waals surface area (Å²) in [6, 6.07) is 7.88. The van der Waals surface area contributed by atoms with Crippen LogP contribution in [0.2, 0.25) is 0 Å². The number of hydrogen-bond donors (Lipinski definition) is 1. The van der Waals surface area contributed by atoms with E-state index in [4.69, 9.17) is 5.11 Å². The fourth-order valence-electron chi connectivity index (χ4n) is 2.10. The van der Waals surface area contributed by atoms with Gasteiger partial charge in [0.15, 0.2) is 0 Å². The van der Waals surface area contributed by atoms with Crippen molar-refractivity contribution in [2.24, 2.45) is 0 Å². The Hall–Kier alpha value is -1.62. The summed E-state index contributed by atoms with van der Waals surface area (Å²) in [5, 5.41) is 13.3. The normalized spacial score (nSPS) is 10.7. The van der Waals surface area contributed by atoms with Gasteiger partial charge in [0.25, 0.3) is 0 Å². The lowest BCUT2D eigenvalue weighted by Crippen LogP contribution is -2.01. The van der Waals surface area contributed by atoms with Crippen LogP contribution < -0.4 is 0 Å². The highest BCUT2D eigenvalue weighted by Gasteiger charge is 2.13. The summed E-state index contributed by atoms with van der Waals surface area (Å²) in [5.41, 5.74) is 3.89. The smallest absolute Gasteiger partial charge is 0.303 e. The average Bonchev–Trinajstić information content (AvgIpc) is 2.63. The van der Waals surface area contributed by atoms with Crippen LogP contribution in [0.1, 0.15) is 23.4 Å². The monoisotopic (exact) mass is 322 g/mol. The minimum Gasteiger partial charge on any atom is -0.481 e. The van der Waals surface area contributed by atoms with Gasteiger partial charge in [-0.15, -0.1) is 0 Å². The van der Waals surface area contributed by atoms with Gasteiger partial charge in [-0.25, -0.2) is 4.68 Å². The molecule has 0 aliphatic heterocycles. The minimum absolute atomic E-state index is 0.133. The molecule has 1 N–H and O–H groups in total. The van der Waals surface area contributed by atoms with Crippen molar-refractivity contribution in [2.45, 2.75) is 26.7 Å². The maximum Gasteiger partial charge on any atom is 0.303 e. The van der Waals surface area contributed by atoms with E-state index in [9.17, 15) is 4.79 Å². The predicted octanol–water partition coefficient (Wildman–Crippen LogP) is 3.27. The molecule has 0 saturated carbocycles. The van der Waals surface area contributed by atoms with Crippen molar-refractivity contribution in [1.29, 1.82) is 0 Å². The summed E-state index contributed by atoms with van der Waals surface area (Å²) in [4.78, 5) is 10.7. The lowest BCUT2D eigenvalue weighted by atomic mass is 10.1. The Labute approximate surface area is 120 Å². The number of benzene rings is 1. The molecule has 1 heterocycles. The van der Waals surface area contributed by atoms with Crippen LogP contribution in [0.25, 0.3) is 5.69 Å². The topological polar surface area (TPSA) is 55.1 Å². The maximum absolute atomic E-state index is 10.7. The summed E-state index contributed by atoms with van der Waals surface area (Å²) >= 11 is 3.40. The van der Waals surface area contributed by atoms with Gasteiger partial charge >= 0.3 is 5.97 Å². The number of nitrogens with zero attached hydrogens (tertiary/aromatic N) is 2. The maximum atomic E-state index is 10.7. The Morgan fingerprint density at radius 1 is 1.32 bits per heavy atom. The Kier molecular flexibility index (Phi) is 4.04. The summed E-state index contributed by atoms with van der Waals surface area (Å²) in [6.07, 6.45) is 0.650. The Bertz CT molecular complexity index is 603. The summed E-state index contributed by atoms with van der Waals surface area (Å²) in [7, 11) is 0. The molecule has 0 aliphatic carbocycles. The molecule has 2 aromatic rings. The molecule has 0 saturated heterocycles. The fourth-order valence-corrected chi connectivity index (χ4v) is 2.37. The van der Waals surface area contributed by atoms with Crippen molar-refractivity contribution in [3.8, 4) is 5.69 Å². The minimum atomic E-state index is -0.782. The molecule has 100 valence electrons. The average molecular weight is 323 g/mol. The predicted molar refractivity (Wildman–Crippen MR) is 76.7 cm³/mol. The highest BCUT2D eigenvalue weighted by atomic mass is 79.9. The highest BCUT2D eigenvalue weighted by Crippen LogP contribution is 2.20. The van der Waals surface area contributed by atoms with Crippen molar-refractivity contribution in [1.82, 2.24) is 9.78 Å². The molecule has 4 nitrogen and oxygen atoms in total. The largest absolute Gasteiger partial charge is 0.481 e. The quantitative estimate of drug-likeness (QED) is 0.939. The lowest BCUT2D eigenvalue weighted by molar-refractivity contribution is -0.136. The molecular formula is C14H15BrN2O2. The second kappa shape index (κ2) is 5.57. The molecule has 0 atom stereocenters. The van der Waals surface area contributed by atoms with Crippen LogP contribution in [-0.2, 0) is 11.2 Å². The van der Waals surface area contributed by atoms with E-state index in [0.29, 0.717) is 6.42 Å². The van der Waals surface area contributed by atoms with E-state index < -0.39 is 5.97 Å². The van der Waals surface area contributed by atoms with E-state index in [2.05, 4.69) is 21.0 Å². The second-order valence-electron chi connectivity index (χ2n) is 4.43. The van der Waals surface area contributed by atoms with Gasteiger partial charge in [0.05, 0.1) is 11.4 Å². The molecule has 1 aromatic heterocycles. The van der Waals surface area contributed by atoms with E-state index >= 15 is 0 Å². The zero-order valence-corrected chi connectivity index (χ0v) is 12.4. The number of aryl methyl sites for hydroxylation is 1. The van der Waals surface area contributed by atoms with Gasteiger partial charge in [-0.2, -0.15) is 5.10 Å². The first-order valence-electron chi connectivity index (χ1n) is 6.02. The molecule has 0 amide bonds. The zero-order chi connectivity index (χ0) is 14.0. The number of aromatic nitrogens is 2. The zero-order valence-electron chi connectivity index (χ0n) is 10.9. The van der Waals surface area contributed by atoms with Crippen LogP contribution in [-0.4, -0.2) is 20.9 Å². The first-order chi connectivity index (χ1) is 8.99. The van der Waals surface area contributed by atoms with E-state index in [1.165, 1.54) is 0 Å². The first kappa shape index (κ1) is 13.8. The van der Waals surface area contributed by atoms with Gasteiger partial charge in [0.2, 0.25) is 0 Å². The number of carbonyl (C=O) groups is 1. The van der Waals surface area contributed by atoms with Crippen LogP contribution >= 0.6 is 15.9 Å². The molecule has 0 aliphatic rings. The lowest BCUT2D eigenvalue weighted by Gasteiger charge is -2.05. The van der Waals surface area contributed by atoms with E-state index in [1.807, 2.05) is 42.8 Å². The molecular weight excluding hydrogens is 308 g/mol. The SMILES string of the molecule is Cc1nn(-c2ccc(Br)cc2)c(C)c1CCC(=O)O. The summed E-state index contributed by atoms with van der Waals surface area (Å²) < 4.78 is 2.88. The Balaban J connectivity index is 2.35. The number of carboxylic acids is 1. The molecule has 0 spiro atoms. The molecule has 2 rings (SSSR count). The number of halogens is 1. The first-order valence-corrected chi connectivity index (χ1v) is 6.81. The van der Waals surface area contributed by atoms with Crippen LogP contribution in [0.4, 0.5) is 0 Å². The molecule has 0 unspecified atom stereocenters. The van der Waals surface area contributed by atoms with Gasteiger partial charge in [-0.1, -0.05) is 15.9 Å². The fraction of sp³-hybridized carbons (Fsp3) is 0.286. The molecule has 5 heteroatoms. The standard InChI is InChI=1S/C14H15BrN2O2/c1-9-13(7-8-14(18)19)10(2)17(16-9)12-5-3-11(15)4-6-12/h3-6H,7-8H2,1-2H3,(H,18,19). The van der Waals surface area contributed by atoms with Crippen molar-refractivity contribution in [3.05, 3.63) is 45.7 Å². The number of hydrogen-bond acceptors (Lipinski definition) is 2. The Morgan fingerprint density at radius 2 is 1.95 bits per heavy atom. The van der Waals surface area contributed by atoms with Gasteiger partial charge in [0.1, 0.15) is 0 Å². The van der Waals surface area contributed by atoms with Crippen LogP contribution in [0.3, 0.4) is 0 Å². The molecule has 0 bridgehead atoms. The van der Waals surface area contributed by atoms with Crippen LogP contribution in [0, 0.1) is 13.8 Å². The third-order valence-electron chi connectivity index (χ3n) is 3.10. The number of aliphatic carboxylic acids is 1. The van der Waals surface area contributed by atoms with E-state index in [0.717, 1.165) is 27.1 Å². The summed E-state index contributed by atoms with van der Waals surface area (Å²) in [6.45, 7) is 3.89. The van der Waals surface area contributed by atoms with Crippen molar-refractivity contribution < 1.29 is 9.90 Å². The molecule has 1 aromatic carbocycles. The molecule has 0 radical (unpaired) electrons.